The van der Waals surface area contributed by atoms with E-state index in [9.17, 15) is 4.79 Å². The zero-order valence-corrected chi connectivity index (χ0v) is 14.9. The van der Waals surface area contributed by atoms with Gasteiger partial charge in [0.2, 0.25) is 5.91 Å². The number of benzene rings is 1. The molecule has 1 N–H and O–H groups in total. The third-order valence-corrected chi connectivity index (χ3v) is 4.98. The van der Waals surface area contributed by atoms with Crippen molar-refractivity contribution < 1.29 is 9.21 Å². The molecule has 2 heterocycles. The zero-order chi connectivity index (χ0) is 17.9. The summed E-state index contributed by atoms with van der Waals surface area (Å²) in [6, 6.07) is 13.9. The van der Waals surface area contributed by atoms with E-state index in [0.29, 0.717) is 6.54 Å². The smallest absolute Gasteiger partial charge is 0.223 e. The molecule has 0 saturated heterocycles. The highest BCUT2D eigenvalue weighted by atomic mass is 16.3. The second kappa shape index (κ2) is 7.20. The molecular weight excluding hydrogens is 326 g/mol. The summed E-state index contributed by atoms with van der Waals surface area (Å²) < 4.78 is 7.30. The van der Waals surface area contributed by atoms with Crippen LogP contribution in [0.25, 0.3) is 5.69 Å². The Labute approximate surface area is 153 Å². The van der Waals surface area contributed by atoms with Gasteiger partial charge in [-0.05, 0) is 56.0 Å². The zero-order valence-electron chi connectivity index (χ0n) is 14.9. The van der Waals surface area contributed by atoms with E-state index in [1.54, 1.807) is 6.26 Å². The summed E-state index contributed by atoms with van der Waals surface area (Å²) >= 11 is 0. The van der Waals surface area contributed by atoms with E-state index in [1.165, 1.54) is 5.56 Å². The Kier molecular flexibility index (Phi) is 4.61. The summed E-state index contributed by atoms with van der Waals surface area (Å²) in [4.78, 5) is 12.2. The third-order valence-electron chi connectivity index (χ3n) is 4.98. The van der Waals surface area contributed by atoms with Crippen molar-refractivity contribution in [2.75, 3.05) is 6.54 Å². The molecule has 0 spiro atoms. The molecule has 1 saturated carbocycles. The number of nitrogens with zero attached hydrogens (tertiary/aromatic N) is 2. The molecule has 1 aromatic carbocycles. The van der Waals surface area contributed by atoms with E-state index in [-0.39, 0.29) is 17.7 Å². The van der Waals surface area contributed by atoms with Gasteiger partial charge < -0.3 is 9.73 Å². The van der Waals surface area contributed by atoms with Crippen molar-refractivity contribution in [3.63, 3.8) is 0 Å². The first-order valence-corrected chi connectivity index (χ1v) is 9.14. The van der Waals surface area contributed by atoms with Gasteiger partial charge in [0.1, 0.15) is 5.76 Å². The van der Waals surface area contributed by atoms with E-state index in [1.807, 2.05) is 54.1 Å². The molecule has 1 aliphatic rings. The fourth-order valence-electron chi connectivity index (χ4n) is 3.38. The lowest BCUT2D eigenvalue weighted by Crippen LogP contribution is -2.26. The van der Waals surface area contributed by atoms with Gasteiger partial charge in [0.15, 0.2) is 0 Å². The first kappa shape index (κ1) is 16.6. The van der Waals surface area contributed by atoms with Gasteiger partial charge >= 0.3 is 0 Å². The number of aryl methyl sites for hydroxylation is 2. The van der Waals surface area contributed by atoms with Gasteiger partial charge in [0.05, 0.1) is 17.6 Å². The molecule has 1 fully saturated rings. The van der Waals surface area contributed by atoms with Crippen LogP contribution in [0.2, 0.25) is 0 Å². The SMILES string of the molecule is Cc1nn(-c2ccccc2)cc1CCCNC(=O)[C@H]1C[C@H]1c1ccco1. The summed E-state index contributed by atoms with van der Waals surface area (Å²) in [5.41, 5.74) is 3.33. The van der Waals surface area contributed by atoms with Crippen LogP contribution >= 0.6 is 0 Å². The summed E-state index contributed by atoms with van der Waals surface area (Å²) in [7, 11) is 0. The lowest BCUT2D eigenvalue weighted by atomic mass is 10.1. The minimum atomic E-state index is 0.0729. The molecule has 2 atom stereocenters. The minimum Gasteiger partial charge on any atom is -0.469 e. The number of nitrogens with one attached hydrogen (secondary N) is 1. The molecule has 4 rings (SSSR count). The van der Waals surface area contributed by atoms with Crippen molar-refractivity contribution in [1.82, 2.24) is 15.1 Å². The van der Waals surface area contributed by atoms with E-state index >= 15 is 0 Å². The summed E-state index contributed by atoms with van der Waals surface area (Å²) in [5, 5.41) is 7.65. The highest BCUT2D eigenvalue weighted by molar-refractivity contribution is 5.82. The Morgan fingerprint density at radius 3 is 2.88 bits per heavy atom. The predicted octanol–water partition coefficient (Wildman–Crippen LogP) is 3.63. The van der Waals surface area contributed by atoms with E-state index in [4.69, 9.17) is 4.42 Å². The third kappa shape index (κ3) is 3.57. The number of hydrogen-bond donors (Lipinski definition) is 1. The number of hydrogen-bond acceptors (Lipinski definition) is 3. The van der Waals surface area contributed by atoms with Crippen LogP contribution in [-0.2, 0) is 11.2 Å². The molecular formula is C21H23N3O2. The highest BCUT2D eigenvalue weighted by Crippen LogP contribution is 2.47. The largest absolute Gasteiger partial charge is 0.469 e. The fraction of sp³-hybridized carbons (Fsp3) is 0.333. The van der Waals surface area contributed by atoms with Crippen LogP contribution in [0.4, 0.5) is 0 Å². The van der Waals surface area contributed by atoms with Crippen molar-refractivity contribution in [1.29, 1.82) is 0 Å². The molecule has 0 radical (unpaired) electrons. The van der Waals surface area contributed by atoms with Crippen molar-refractivity contribution in [3.05, 3.63) is 71.9 Å². The Morgan fingerprint density at radius 2 is 2.12 bits per heavy atom. The first-order chi connectivity index (χ1) is 12.7. The van der Waals surface area contributed by atoms with Gasteiger partial charge in [-0.25, -0.2) is 4.68 Å². The highest BCUT2D eigenvalue weighted by Gasteiger charge is 2.45. The Balaban J connectivity index is 1.24. The first-order valence-electron chi connectivity index (χ1n) is 9.14. The Hall–Kier alpha value is -2.82. The maximum absolute atomic E-state index is 12.2. The average Bonchev–Trinajstić information content (AvgIpc) is 3.10. The van der Waals surface area contributed by atoms with Gasteiger partial charge in [-0.15, -0.1) is 0 Å². The van der Waals surface area contributed by atoms with Gasteiger partial charge in [0.25, 0.3) is 0 Å². The normalized spacial score (nSPS) is 18.7. The standard InChI is InChI=1S/C21H23N3O2/c1-15-16(14-24(23-15)17-8-3-2-4-9-17)7-5-11-22-21(25)19-13-18(19)20-10-6-12-26-20/h2-4,6,8-10,12,14,18-19H,5,7,11,13H2,1H3,(H,22,25)/t18-,19+/m1/s1. The average molecular weight is 349 g/mol. The monoisotopic (exact) mass is 349 g/mol. The number of carbonyl (C=O) groups is 1. The molecule has 134 valence electrons. The van der Waals surface area contributed by atoms with Crippen LogP contribution in [0.3, 0.4) is 0 Å². The van der Waals surface area contributed by atoms with Gasteiger partial charge in [-0.3, -0.25) is 4.79 Å². The molecule has 2 aromatic heterocycles. The molecule has 0 unspecified atom stereocenters. The Bertz CT molecular complexity index is 868. The summed E-state index contributed by atoms with van der Waals surface area (Å²) in [5.74, 6) is 1.40. The molecule has 1 amide bonds. The summed E-state index contributed by atoms with van der Waals surface area (Å²) in [6.45, 7) is 2.72. The number of rotatable bonds is 7. The number of amides is 1. The van der Waals surface area contributed by atoms with E-state index in [2.05, 4.69) is 16.6 Å². The molecule has 5 nitrogen and oxygen atoms in total. The van der Waals surface area contributed by atoms with E-state index < -0.39 is 0 Å². The summed E-state index contributed by atoms with van der Waals surface area (Å²) in [6.07, 6.45) is 6.46. The van der Waals surface area contributed by atoms with Crippen LogP contribution in [0.1, 0.15) is 35.8 Å². The van der Waals surface area contributed by atoms with Crippen LogP contribution in [0.15, 0.2) is 59.3 Å². The molecule has 1 aliphatic carbocycles. The quantitative estimate of drug-likeness (QED) is 0.663. The number of para-hydroxylation sites is 1. The van der Waals surface area contributed by atoms with Crippen LogP contribution < -0.4 is 5.32 Å². The topological polar surface area (TPSA) is 60.1 Å². The molecule has 3 aromatic rings. The molecule has 5 heteroatoms. The van der Waals surface area contributed by atoms with Crippen LogP contribution in [-0.4, -0.2) is 22.2 Å². The van der Waals surface area contributed by atoms with Gasteiger partial charge in [-0.1, -0.05) is 18.2 Å². The number of carbonyl (C=O) groups excluding carboxylic acids is 1. The van der Waals surface area contributed by atoms with Crippen LogP contribution in [0.5, 0.6) is 0 Å². The lowest BCUT2D eigenvalue weighted by molar-refractivity contribution is -0.122. The van der Waals surface area contributed by atoms with Crippen molar-refractivity contribution in [2.24, 2.45) is 5.92 Å². The molecule has 26 heavy (non-hydrogen) atoms. The maximum Gasteiger partial charge on any atom is 0.223 e. The second-order valence-electron chi connectivity index (χ2n) is 6.88. The van der Waals surface area contributed by atoms with Crippen molar-refractivity contribution >= 4 is 5.91 Å². The fourth-order valence-corrected chi connectivity index (χ4v) is 3.38. The minimum absolute atomic E-state index is 0.0729. The lowest BCUT2D eigenvalue weighted by Gasteiger charge is -2.04. The second-order valence-corrected chi connectivity index (χ2v) is 6.88. The van der Waals surface area contributed by atoms with Crippen molar-refractivity contribution in [3.8, 4) is 5.69 Å². The predicted molar refractivity (Wildman–Crippen MR) is 99.2 cm³/mol. The van der Waals surface area contributed by atoms with Gasteiger partial charge in [0, 0.05) is 24.6 Å². The van der Waals surface area contributed by atoms with Crippen molar-refractivity contribution in [2.45, 2.75) is 32.1 Å². The van der Waals surface area contributed by atoms with Crippen LogP contribution in [0, 0.1) is 12.8 Å². The van der Waals surface area contributed by atoms with E-state index in [0.717, 1.165) is 36.4 Å². The Morgan fingerprint density at radius 1 is 1.27 bits per heavy atom. The maximum atomic E-state index is 12.2. The number of furan rings is 1. The number of aromatic nitrogens is 2. The van der Waals surface area contributed by atoms with Gasteiger partial charge in [-0.2, -0.15) is 5.10 Å². The molecule has 0 bridgehead atoms. The molecule has 0 aliphatic heterocycles.